The lowest BCUT2D eigenvalue weighted by Gasteiger charge is -2.13. The second kappa shape index (κ2) is 5.01. The molecule has 2 aromatic heterocycles. The first-order chi connectivity index (χ1) is 8.06. The van der Waals surface area contributed by atoms with Crippen LogP contribution in [-0.4, -0.2) is 9.97 Å². The molecule has 3 N–H and O–H groups in total. The third-order valence-corrected chi connectivity index (χ3v) is 3.78. The van der Waals surface area contributed by atoms with Crippen LogP contribution in [-0.2, 0) is 0 Å². The Morgan fingerprint density at radius 2 is 2.18 bits per heavy atom. The molecule has 1 unspecified atom stereocenters. The smallest absolute Gasteiger partial charge is 0.149 e. The Kier molecular flexibility index (Phi) is 3.63. The Morgan fingerprint density at radius 3 is 2.76 bits per heavy atom. The fourth-order valence-electron chi connectivity index (χ4n) is 1.41. The van der Waals surface area contributed by atoms with Gasteiger partial charge in [0.2, 0.25) is 0 Å². The molecule has 0 radical (unpaired) electrons. The summed E-state index contributed by atoms with van der Waals surface area (Å²) in [6, 6.07) is 1.93. The van der Waals surface area contributed by atoms with Crippen LogP contribution in [0.1, 0.15) is 22.9 Å². The molecule has 0 aliphatic heterocycles. The number of halogens is 1. The van der Waals surface area contributed by atoms with Gasteiger partial charge in [-0.3, -0.25) is 0 Å². The minimum atomic E-state index is 0.102. The van der Waals surface area contributed by atoms with Crippen molar-refractivity contribution in [3.05, 3.63) is 32.8 Å². The fraction of sp³-hybridized carbons (Fsp3) is 0.273. The molecular formula is C11H13BrN4S. The first kappa shape index (κ1) is 12.3. The molecule has 2 heterocycles. The molecule has 0 aliphatic carbocycles. The maximum absolute atomic E-state index is 5.88. The molecule has 90 valence electrons. The lowest BCUT2D eigenvalue weighted by atomic mass is 10.3. The summed E-state index contributed by atoms with van der Waals surface area (Å²) in [5.74, 6) is 0.688. The van der Waals surface area contributed by atoms with E-state index in [4.69, 9.17) is 5.73 Å². The van der Waals surface area contributed by atoms with Crippen LogP contribution in [0.5, 0.6) is 0 Å². The summed E-state index contributed by atoms with van der Waals surface area (Å²) in [5.41, 5.74) is 6.51. The number of anilines is 2. The highest BCUT2D eigenvalue weighted by Crippen LogP contribution is 2.26. The molecule has 6 heteroatoms. The Bertz CT molecular complexity index is 526. The molecule has 0 aromatic carbocycles. The van der Waals surface area contributed by atoms with Crippen molar-refractivity contribution in [1.29, 1.82) is 0 Å². The molecular weight excluding hydrogens is 300 g/mol. The van der Waals surface area contributed by atoms with Gasteiger partial charge in [-0.1, -0.05) is 0 Å². The van der Waals surface area contributed by atoms with Crippen molar-refractivity contribution in [2.24, 2.45) is 0 Å². The lowest BCUT2D eigenvalue weighted by Crippen LogP contribution is -2.09. The second-order valence-corrected chi connectivity index (χ2v) is 5.95. The zero-order chi connectivity index (χ0) is 12.4. The Morgan fingerprint density at radius 1 is 1.41 bits per heavy atom. The van der Waals surface area contributed by atoms with E-state index in [2.05, 4.69) is 31.2 Å². The topological polar surface area (TPSA) is 63.8 Å². The van der Waals surface area contributed by atoms with Crippen LogP contribution >= 0.6 is 27.3 Å². The van der Waals surface area contributed by atoms with Crippen molar-refractivity contribution in [3.8, 4) is 0 Å². The molecule has 0 saturated carbocycles. The number of nitrogen functional groups attached to an aromatic ring is 1. The number of rotatable bonds is 3. The van der Waals surface area contributed by atoms with E-state index in [0.717, 1.165) is 9.48 Å². The molecule has 0 fully saturated rings. The van der Waals surface area contributed by atoms with Gasteiger partial charge in [0.25, 0.3) is 0 Å². The van der Waals surface area contributed by atoms with Gasteiger partial charge in [-0.05, 0) is 35.8 Å². The van der Waals surface area contributed by atoms with Gasteiger partial charge in [0.05, 0.1) is 11.7 Å². The maximum Gasteiger partial charge on any atom is 0.149 e. The highest BCUT2D eigenvalue weighted by atomic mass is 79.9. The van der Waals surface area contributed by atoms with Gasteiger partial charge in [0.15, 0.2) is 0 Å². The molecule has 2 rings (SSSR count). The van der Waals surface area contributed by atoms with Gasteiger partial charge in [-0.15, -0.1) is 11.3 Å². The van der Waals surface area contributed by atoms with E-state index in [1.807, 2.05) is 26.1 Å². The highest BCUT2D eigenvalue weighted by Gasteiger charge is 2.11. The monoisotopic (exact) mass is 312 g/mol. The summed E-state index contributed by atoms with van der Waals surface area (Å²) < 4.78 is 0.873. The molecule has 17 heavy (non-hydrogen) atoms. The van der Waals surface area contributed by atoms with Gasteiger partial charge >= 0.3 is 0 Å². The number of nitrogens with two attached hydrogens (primary N) is 1. The average molecular weight is 313 g/mol. The molecule has 4 nitrogen and oxygen atoms in total. The predicted octanol–water partition coefficient (Wildman–Crippen LogP) is 3.36. The quantitative estimate of drug-likeness (QED) is 0.912. The van der Waals surface area contributed by atoms with Crippen LogP contribution in [0.2, 0.25) is 0 Å². The van der Waals surface area contributed by atoms with Crippen LogP contribution in [0.3, 0.4) is 0 Å². The van der Waals surface area contributed by atoms with Crippen LogP contribution < -0.4 is 11.1 Å². The molecule has 0 saturated heterocycles. The van der Waals surface area contributed by atoms with Gasteiger partial charge in [-0.25, -0.2) is 9.97 Å². The Hall–Kier alpha value is -1.14. The standard InChI is InChI=1S/C11H13BrN4S/c1-6-4-15-11(17-6)7(2)16-10-9(13)3-8(12)5-14-10/h3-5,7H,13H2,1-2H3,(H,14,16). The Labute approximate surface area is 112 Å². The van der Waals surface area contributed by atoms with Crippen LogP contribution in [0.25, 0.3) is 0 Å². The third kappa shape index (κ3) is 2.95. The SMILES string of the molecule is Cc1cnc(C(C)Nc2ncc(Br)cc2N)s1. The normalized spacial score (nSPS) is 12.4. The molecule has 0 amide bonds. The van der Waals surface area contributed by atoms with Gasteiger partial charge in [0.1, 0.15) is 10.8 Å². The zero-order valence-corrected chi connectivity index (χ0v) is 12.0. The minimum absolute atomic E-state index is 0.102. The number of hydrogen-bond donors (Lipinski definition) is 2. The minimum Gasteiger partial charge on any atom is -0.396 e. The highest BCUT2D eigenvalue weighted by molar-refractivity contribution is 9.10. The molecule has 0 bridgehead atoms. The van der Waals surface area contributed by atoms with E-state index >= 15 is 0 Å². The van der Waals surface area contributed by atoms with E-state index in [-0.39, 0.29) is 6.04 Å². The van der Waals surface area contributed by atoms with Crippen molar-refractivity contribution in [3.63, 3.8) is 0 Å². The fourth-order valence-corrected chi connectivity index (χ4v) is 2.54. The second-order valence-electron chi connectivity index (χ2n) is 3.77. The first-order valence-corrected chi connectivity index (χ1v) is 6.77. The van der Waals surface area contributed by atoms with Crippen molar-refractivity contribution in [1.82, 2.24) is 9.97 Å². The van der Waals surface area contributed by atoms with Crippen LogP contribution in [0.4, 0.5) is 11.5 Å². The summed E-state index contributed by atoms with van der Waals surface area (Å²) in [7, 11) is 0. The summed E-state index contributed by atoms with van der Waals surface area (Å²) in [4.78, 5) is 9.78. The van der Waals surface area contributed by atoms with Gasteiger partial charge < -0.3 is 11.1 Å². The molecule has 1 atom stereocenters. The van der Waals surface area contributed by atoms with E-state index in [0.29, 0.717) is 11.5 Å². The van der Waals surface area contributed by atoms with Crippen molar-refractivity contribution in [2.45, 2.75) is 19.9 Å². The number of nitrogens with zero attached hydrogens (tertiary/aromatic N) is 2. The lowest BCUT2D eigenvalue weighted by molar-refractivity contribution is 0.861. The molecule has 0 aliphatic rings. The predicted molar refractivity (Wildman–Crippen MR) is 75.2 cm³/mol. The third-order valence-electron chi connectivity index (χ3n) is 2.25. The van der Waals surface area contributed by atoms with E-state index in [1.165, 1.54) is 4.88 Å². The molecule has 2 aromatic rings. The van der Waals surface area contributed by atoms with Crippen molar-refractivity contribution >= 4 is 38.8 Å². The van der Waals surface area contributed by atoms with Crippen LogP contribution in [0.15, 0.2) is 22.9 Å². The Balaban J connectivity index is 2.15. The number of thiazole rings is 1. The number of aryl methyl sites for hydroxylation is 1. The van der Waals surface area contributed by atoms with Gasteiger partial charge in [0, 0.05) is 21.7 Å². The van der Waals surface area contributed by atoms with E-state index in [1.54, 1.807) is 17.5 Å². The number of aromatic nitrogens is 2. The number of hydrogen-bond acceptors (Lipinski definition) is 5. The van der Waals surface area contributed by atoms with Crippen molar-refractivity contribution in [2.75, 3.05) is 11.1 Å². The maximum atomic E-state index is 5.88. The number of nitrogens with one attached hydrogen (secondary N) is 1. The van der Waals surface area contributed by atoms with Crippen LogP contribution in [0, 0.1) is 6.92 Å². The summed E-state index contributed by atoms with van der Waals surface area (Å²) in [5, 5.41) is 4.29. The van der Waals surface area contributed by atoms with E-state index < -0.39 is 0 Å². The summed E-state index contributed by atoms with van der Waals surface area (Å²) in [6.07, 6.45) is 3.59. The number of pyridine rings is 1. The average Bonchev–Trinajstić information content (AvgIpc) is 2.69. The first-order valence-electron chi connectivity index (χ1n) is 5.16. The zero-order valence-electron chi connectivity index (χ0n) is 9.57. The van der Waals surface area contributed by atoms with E-state index in [9.17, 15) is 0 Å². The molecule has 0 spiro atoms. The van der Waals surface area contributed by atoms with Gasteiger partial charge in [-0.2, -0.15) is 0 Å². The summed E-state index contributed by atoms with van der Waals surface area (Å²) in [6.45, 7) is 4.08. The summed E-state index contributed by atoms with van der Waals surface area (Å²) >= 11 is 5.00. The van der Waals surface area contributed by atoms with Crippen molar-refractivity contribution < 1.29 is 0 Å². The largest absolute Gasteiger partial charge is 0.396 e.